The van der Waals surface area contributed by atoms with Crippen molar-refractivity contribution in [1.82, 2.24) is 0 Å². The molecule has 0 amide bonds. The molecule has 0 fully saturated rings. The van der Waals surface area contributed by atoms with E-state index in [2.05, 4.69) is 0 Å². The highest BCUT2D eigenvalue weighted by molar-refractivity contribution is 7.89. The zero-order chi connectivity index (χ0) is 18.8. The van der Waals surface area contributed by atoms with Crippen LogP contribution in [0.15, 0.2) is 41.3 Å². The van der Waals surface area contributed by atoms with E-state index in [9.17, 15) is 18.0 Å². The zero-order valence-corrected chi connectivity index (χ0v) is 15.0. The van der Waals surface area contributed by atoms with Gasteiger partial charge in [0.15, 0.2) is 12.4 Å². The number of esters is 1. The Morgan fingerprint density at radius 3 is 2.16 bits per heavy atom. The van der Waals surface area contributed by atoms with E-state index in [1.807, 2.05) is 6.92 Å². The van der Waals surface area contributed by atoms with Gasteiger partial charge in [0.2, 0.25) is 10.0 Å². The number of rotatable bonds is 5. The molecular formula is C18H19NO5S. The topological polar surface area (TPSA) is 104 Å². The fourth-order valence-electron chi connectivity index (χ4n) is 2.28. The lowest BCUT2D eigenvalue weighted by atomic mass is 10.1. The predicted molar refractivity (Wildman–Crippen MR) is 93.1 cm³/mol. The van der Waals surface area contributed by atoms with Crippen molar-refractivity contribution < 1.29 is 22.7 Å². The summed E-state index contributed by atoms with van der Waals surface area (Å²) in [6.07, 6.45) is 0. The Kier molecular flexibility index (Phi) is 5.39. The summed E-state index contributed by atoms with van der Waals surface area (Å²) < 4.78 is 28.3. The standard InChI is InChI=1S/C18H19NO5S/c1-11-4-6-14(7-5-11)16(20)10-24-18(21)15-8-12(2)13(3)17(9-15)25(19,22)23/h4-9H,10H2,1-3H3,(H2,19,22,23). The molecule has 2 aromatic carbocycles. The van der Waals surface area contributed by atoms with Crippen LogP contribution in [0.4, 0.5) is 0 Å². The number of benzene rings is 2. The van der Waals surface area contributed by atoms with Gasteiger partial charge in [0.1, 0.15) is 0 Å². The quantitative estimate of drug-likeness (QED) is 0.650. The minimum absolute atomic E-state index is 0.0313. The van der Waals surface area contributed by atoms with Crippen LogP contribution in [0.2, 0.25) is 0 Å². The van der Waals surface area contributed by atoms with E-state index in [0.29, 0.717) is 16.7 Å². The molecule has 0 aliphatic rings. The van der Waals surface area contributed by atoms with E-state index < -0.39 is 22.6 Å². The number of carbonyl (C=O) groups excluding carboxylic acids is 2. The Hall–Kier alpha value is -2.51. The second-order valence-electron chi connectivity index (χ2n) is 5.83. The maximum absolute atomic E-state index is 12.2. The first-order valence-electron chi connectivity index (χ1n) is 7.50. The molecule has 0 heterocycles. The number of Topliss-reactive ketones (excluding diaryl/α,β-unsaturated/α-hetero) is 1. The molecule has 0 atom stereocenters. The molecule has 0 aliphatic carbocycles. The summed E-state index contributed by atoms with van der Waals surface area (Å²) in [5.74, 6) is -1.13. The molecule has 0 bridgehead atoms. The zero-order valence-electron chi connectivity index (χ0n) is 14.2. The molecule has 25 heavy (non-hydrogen) atoms. The highest BCUT2D eigenvalue weighted by Gasteiger charge is 2.19. The summed E-state index contributed by atoms with van der Waals surface area (Å²) in [5.41, 5.74) is 2.53. The maximum atomic E-state index is 12.2. The molecule has 0 spiro atoms. The number of hydrogen-bond donors (Lipinski definition) is 1. The minimum atomic E-state index is -3.97. The first kappa shape index (κ1) is 18.8. The number of ketones is 1. The van der Waals surface area contributed by atoms with E-state index in [4.69, 9.17) is 9.88 Å². The average molecular weight is 361 g/mol. The van der Waals surface area contributed by atoms with E-state index >= 15 is 0 Å². The first-order chi connectivity index (χ1) is 11.6. The van der Waals surface area contributed by atoms with Crippen LogP contribution in [0.3, 0.4) is 0 Å². The van der Waals surface area contributed by atoms with Gasteiger partial charge in [-0.05, 0) is 44.0 Å². The molecular weight excluding hydrogens is 342 g/mol. The monoisotopic (exact) mass is 361 g/mol. The largest absolute Gasteiger partial charge is 0.454 e. The fourth-order valence-corrected chi connectivity index (χ4v) is 3.16. The first-order valence-corrected chi connectivity index (χ1v) is 9.05. The van der Waals surface area contributed by atoms with Crippen LogP contribution in [0, 0.1) is 20.8 Å². The third kappa shape index (κ3) is 4.52. The number of hydrogen-bond acceptors (Lipinski definition) is 5. The van der Waals surface area contributed by atoms with Gasteiger partial charge in [-0.25, -0.2) is 18.4 Å². The molecule has 0 aromatic heterocycles. The number of sulfonamides is 1. The Morgan fingerprint density at radius 1 is 1.00 bits per heavy atom. The Labute approximate surface area is 146 Å². The van der Waals surface area contributed by atoms with Gasteiger partial charge in [-0.1, -0.05) is 29.8 Å². The van der Waals surface area contributed by atoms with Crippen molar-refractivity contribution in [3.63, 3.8) is 0 Å². The summed E-state index contributed by atoms with van der Waals surface area (Å²) in [6.45, 7) is 4.74. The van der Waals surface area contributed by atoms with E-state index in [1.54, 1.807) is 38.1 Å². The maximum Gasteiger partial charge on any atom is 0.338 e. The van der Waals surface area contributed by atoms with Crippen LogP contribution in [0.1, 0.15) is 37.4 Å². The molecule has 2 N–H and O–H groups in total. The Morgan fingerprint density at radius 2 is 1.60 bits per heavy atom. The number of carbonyl (C=O) groups is 2. The molecule has 6 nitrogen and oxygen atoms in total. The van der Waals surface area contributed by atoms with Gasteiger partial charge in [0.05, 0.1) is 10.5 Å². The molecule has 0 saturated heterocycles. The van der Waals surface area contributed by atoms with Crippen molar-refractivity contribution in [2.75, 3.05) is 6.61 Å². The van der Waals surface area contributed by atoms with Crippen LogP contribution < -0.4 is 5.14 Å². The number of primary sulfonamides is 1. The Balaban J connectivity index is 2.17. The van der Waals surface area contributed by atoms with Gasteiger partial charge < -0.3 is 4.74 Å². The number of nitrogens with two attached hydrogens (primary N) is 1. The highest BCUT2D eigenvalue weighted by atomic mass is 32.2. The van der Waals surface area contributed by atoms with Crippen LogP contribution in [-0.2, 0) is 14.8 Å². The molecule has 132 valence electrons. The van der Waals surface area contributed by atoms with Gasteiger partial charge in [-0.15, -0.1) is 0 Å². The van der Waals surface area contributed by atoms with E-state index in [1.165, 1.54) is 6.07 Å². The van der Waals surface area contributed by atoms with Crippen LogP contribution in [0.25, 0.3) is 0 Å². The predicted octanol–water partition coefficient (Wildman–Crippen LogP) is 2.30. The molecule has 0 radical (unpaired) electrons. The molecule has 0 unspecified atom stereocenters. The molecule has 2 aromatic rings. The lowest BCUT2D eigenvalue weighted by Crippen LogP contribution is -2.18. The molecule has 0 saturated carbocycles. The van der Waals surface area contributed by atoms with E-state index in [0.717, 1.165) is 11.6 Å². The summed E-state index contributed by atoms with van der Waals surface area (Å²) in [4.78, 5) is 24.1. The van der Waals surface area contributed by atoms with Crippen LogP contribution in [0.5, 0.6) is 0 Å². The van der Waals surface area contributed by atoms with Crippen LogP contribution in [-0.4, -0.2) is 26.8 Å². The summed E-state index contributed by atoms with van der Waals surface area (Å²) in [6, 6.07) is 9.55. The summed E-state index contributed by atoms with van der Waals surface area (Å²) in [5, 5.41) is 5.17. The van der Waals surface area contributed by atoms with Gasteiger partial charge in [0.25, 0.3) is 0 Å². The third-order valence-corrected chi connectivity index (χ3v) is 4.91. The lowest BCUT2D eigenvalue weighted by Gasteiger charge is -2.10. The summed E-state index contributed by atoms with van der Waals surface area (Å²) >= 11 is 0. The van der Waals surface area contributed by atoms with Crippen molar-refractivity contribution in [3.05, 3.63) is 64.2 Å². The van der Waals surface area contributed by atoms with Gasteiger partial charge >= 0.3 is 5.97 Å². The second kappa shape index (κ2) is 7.16. The number of aryl methyl sites for hydroxylation is 2. The molecule has 2 rings (SSSR count). The van der Waals surface area contributed by atoms with Crippen LogP contribution >= 0.6 is 0 Å². The van der Waals surface area contributed by atoms with Gasteiger partial charge in [-0.3, -0.25) is 4.79 Å². The normalized spacial score (nSPS) is 11.2. The molecule has 0 aliphatic heterocycles. The SMILES string of the molecule is Cc1ccc(C(=O)COC(=O)c2cc(C)c(C)c(S(N)(=O)=O)c2)cc1. The van der Waals surface area contributed by atoms with Crippen molar-refractivity contribution in [1.29, 1.82) is 0 Å². The third-order valence-electron chi connectivity index (χ3n) is 3.87. The van der Waals surface area contributed by atoms with Crippen molar-refractivity contribution in [2.45, 2.75) is 25.7 Å². The van der Waals surface area contributed by atoms with Gasteiger partial charge in [0, 0.05) is 5.56 Å². The second-order valence-corrected chi connectivity index (χ2v) is 7.36. The van der Waals surface area contributed by atoms with Gasteiger partial charge in [-0.2, -0.15) is 0 Å². The highest BCUT2D eigenvalue weighted by Crippen LogP contribution is 2.20. The van der Waals surface area contributed by atoms with Crippen molar-refractivity contribution in [2.24, 2.45) is 5.14 Å². The Bertz CT molecular complexity index is 931. The lowest BCUT2D eigenvalue weighted by molar-refractivity contribution is 0.0474. The number of ether oxygens (including phenoxy) is 1. The summed E-state index contributed by atoms with van der Waals surface area (Å²) in [7, 11) is -3.97. The smallest absolute Gasteiger partial charge is 0.338 e. The fraction of sp³-hybridized carbons (Fsp3) is 0.222. The average Bonchev–Trinajstić information content (AvgIpc) is 2.54. The molecule has 7 heteroatoms. The van der Waals surface area contributed by atoms with E-state index in [-0.39, 0.29) is 16.2 Å². The van der Waals surface area contributed by atoms with Crippen molar-refractivity contribution in [3.8, 4) is 0 Å². The van der Waals surface area contributed by atoms with Crippen molar-refractivity contribution >= 4 is 21.8 Å². The minimum Gasteiger partial charge on any atom is -0.454 e.